The van der Waals surface area contributed by atoms with Crippen LogP contribution >= 0.6 is 0 Å². The minimum Gasteiger partial charge on any atom is -0.313 e. The average Bonchev–Trinajstić information content (AvgIpc) is 3.27. The van der Waals surface area contributed by atoms with Gasteiger partial charge in [0.1, 0.15) is 0 Å². The summed E-state index contributed by atoms with van der Waals surface area (Å²) in [5.74, 6) is 1.13. The Morgan fingerprint density at radius 1 is 1.30 bits per heavy atom. The zero-order valence-electron chi connectivity index (χ0n) is 12.2. The first-order valence-corrected chi connectivity index (χ1v) is 8.81. The Kier molecular flexibility index (Phi) is 5.18. The third-order valence-corrected chi connectivity index (χ3v) is 5.37. The normalized spacial score (nSPS) is 17.1. The van der Waals surface area contributed by atoms with Crippen molar-refractivity contribution in [2.24, 2.45) is 11.8 Å². The summed E-state index contributed by atoms with van der Waals surface area (Å²) in [5, 5.41) is 3.18. The van der Waals surface area contributed by atoms with Gasteiger partial charge in [-0.05, 0) is 42.9 Å². The van der Waals surface area contributed by atoms with Crippen LogP contribution in [-0.4, -0.2) is 21.5 Å². The standard InChI is InChI=1S/C15H24N2O2S/c1-3-16-11-14-6-4-5-7-15(14)20(18,19)17-10-12(2)13-8-9-13/h4-7,12-13,16-17H,3,8-11H2,1-2H3. The molecule has 0 amide bonds. The summed E-state index contributed by atoms with van der Waals surface area (Å²) in [5.41, 5.74) is 0.820. The number of benzene rings is 1. The van der Waals surface area contributed by atoms with Crippen LogP contribution in [0, 0.1) is 11.8 Å². The molecule has 2 N–H and O–H groups in total. The van der Waals surface area contributed by atoms with Crippen molar-refractivity contribution in [1.29, 1.82) is 0 Å². The minimum absolute atomic E-state index is 0.393. The van der Waals surface area contributed by atoms with Crippen molar-refractivity contribution in [1.82, 2.24) is 10.0 Å². The van der Waals surface area contributed by atoms with E-state index in [4.69, 9.17) is 0 Å². The van der Waals surface area contributed by atoms with Gasteiger partial charge in [0, 0.05) is 13.1 Å². The molecule has 4 nitrogen and oxygen atoms in total. The molecule has 1 unspecified atom stereocenters. The van der Waals surface area contributed by atoms with Gasteiger partial charge >= 0.3 is 0 Å². The predicted octanol–water partition coefficient (Wildman–Crippen LogP) is 2.12. The van der Waals surface area contributed by atoms with Crippen molar-refractivity contribution in [3.05, 3.63) is 29.8 Å². The van der Waals surface area contributed by atoms with Gasteiger partial charge in [0.05, 0.1) is 4.90 Å². The summed E-state index contributed by atoms with van der Waals surface area (Å²) < 4.78 is 27.6. The molecule has 1 aromatic rings. The molecule has 20 heavy (non-hydrogen) atoms. The Morgan fingerprint density at radius 3 is 2.65 bits per heavy atom. The van der Waals surface area contributed by atoms with E-state index in [1.54, 1.807) is 12.1 Å². The van der Waals surface area contributed by atoms with Gasteiger partial charge in [-0.2, -0.15) is 0 Å². The molecule has 0 radical (unpaired) electrons. The van der Waals surface area contributed by atoms with Crippen LogP contribution in [0.2, 0.25) is 0 Å². The summed E-state index contributed by atoms with van der Waals surface area (Å²) in [6.45, 7) is 6.05. The first-order chi connectivity index (χ1) is 9.54. The van der Waals surface area contributed by atoms with Gasteiger partial charge in [-0.25, -0.2) is 13.1 Å². The fourth-order valence-corrected chi connectivity index (χ4v) is 3.70. The maximum Gasteiger partial charge on any atom is 0.240 e. The van der Waals surface area contributed by atoms with Gasteiger partial charge in [0.2, 0.25) is 10.0 Å². The predicted molar refractivity (Wildman–Crippen MR) is 80.9 cm³/mol. The number of hydrogen-bond donors (Lipinski definition) is 2. The molecule has 112 valence electrons. The van der Waals surface area contributed by atoms with E-state index in [0.29, 0.717) is 29.8 Å². The van der Waals surface area contributed by atoms with E-state index in [9.17, 15) is 8.42 Å². The van der Waals surface area contributed by atoms with Crippen molar-refractivity contribution >= 4 is 10.0 Å². The maximum atomic E-state index is 12.4. The minimum atomic E-state index is -3.41. The van der Waals surface area contributed by atoms with Crippen LogP contribution in [-0.2, 0) is 16.6 Å². The van der Waals surface area contributed by atoms with E-state index in [1.165, 1.54) is 12.8 Å². The number of hydrogen-bond acceptors (Lipinski definition) is 3. The lowest BCUT2D eigenvalue weighted by Gasteiger charge is -2.14. The van der Waals surface area contributed by atoms with Crippen molar-refractivity contribution in [2.75, 3.05) is 13.1 Å². The van der Waals surface area contributed by atoms with Crippen LogP contribution in [0.1, 0.15) is 32.3 Å². The lowest BCUT2D eigenvalue weighted by atomic mass is 10.1. The highest BCUT2D eigenvalue weighted by Gasteiger charge is 2.29. The lowest BCUT2D eigenvalue weighted by Crippen LogP contribution is -2.30. The summed E-state index contributed by atoms with van der Waals surface area (Å²) in [7, 11) is -3.41. The monoisotopic (exact) mass is 296 g/mol. The number of sulfonamides is 1. The summed E-state index contributed by atoms with van der Waals surface area (Å²) in [6, 6.07) is 7.19. The highest BCUT2D eigenvalue weighted by Crippen LogP contribution is 2.36. The molecular weight excluding hydrogens is 272 g/mol. The Balaban J connectivity index is 2.07. The third-order valence-electron chi connectivity index (χ3n) is 3.85. The Hall–Kier alpha value is -0.910. The number of nitrogens with one attached hydrogen (secondary N) is 2. The molecule has 0 spiro atoms. The first kappa shape index (κ1) is 15.5. The Bertz CT molecular complexity index is 539. The number of rotatable bonds is 8. The molecule has 0 saturated heterocycles. The van der Waals surface area contributed by atoms with Crippen LogP contribution in [0.5, 0.6) is 0 Å². The summed E-state index contributed by atoms with van der Waals surface area (Å²) >= 11 is 0. The molecule has 1 fully saturated rings. The molecule has 1 saturated carbocycles. The van der Waals surface area contributed by atoms with Crippen molar-refractivity contribution in [3.63, 3.8) is 0 Å². The molecule has 0 aromatic heterocycles. The van der Waals surface area contributed by atoms with E-state index < -0.39 is 10.0 Å². The fraction of sp³-hybridized carbons (Fsp3) is 0.600. The maximum absolute atomic E-state index is 12.4. The van der Waals surface area contributed by atoms with E-state index in [1.807, 2.05) is 19.1 Å². The third kappa shape index (κ3) is 4.04. The van der Waals surface area contributed by atoms with Crippen molar-refractivity contribution < 1.29 is 8.42 Å². The van der Waals surface area contributed by atoms with Gasteiger partial charge in [0.25, 0.3) is 0 Å². The van der Waals surface area contributed by atoms with Crippen LogP contribution in [0.4, 0.5) is 0 Å². The second kappa shape index (κ2) is 6.70. The molecule has 0 heterocycles. The second-order valence-corrected chi connectivity index (χ2v) is 7.29. The zero-order valence-corrected chi connectivity index (χ0v) is 13.0. The zero-order chi connectivity index (χ0) is 14.6. The van der Waals surface area contributed by atoms with Crippen molar-refractivity contribution in [3.8, 4) is 0 Å². The van der Waals surface area contributed by atoms with Crippen LogP contribution in [0.3, 0.4) is 0 Å². The van der Waals surface area contributed by atoms with Gasteiger partial charge < -0.3 is 5.32 Å². The molecule has 1 aliphatic rings. The Morgan fingerprint density at radius 2 is 2.00 bits per heavy atom. The van der Waals surface area contributed by atoms with Crippen molar-refractivity contribution in [2.45, 2.75) is 38.1 Å². The van der Waals surface area contributed by atoms with Gasteiger partial charge in [-0.15, -0.1) is 0 Å². The highest BCUT2D eigenvalue weighted by atomic mass is 32.2. The average molecular weight is 296 g/mol. The largest absolute Gasteiger partial charge is 0.313 e. The van der Waals surface area contributed by atoms with Gasteiger partial charge in [0.15, 0.2) is 0 Å². The SMILES string of the molecule is CCNCc1ccccc1S(=O)(=O)NCC(C)C1CC1. The molecular formula is C15H24N2O2S. The Labute approximate surface area is 122 Å². The fourth-order valence-electron chi connectivity index (χ4n) is 2.32. The first-order valence-electron chi connectivity index (χ1n) is 7.33. The van der Waals surface area contributed by atoms with Crippen LogP contribution in [0.15, 0.2) is 29.2 Å². The quantitative estimate of drug-likeness (QED) is 0.772. The topological polar surface area (TPSA) is 58.2 Å². The molecule has 1 atom stereocenters. The lowest BCUT2D eigenvalue weighted by molar-refractivity contribution is 0.491. The highest BCUT2D eigenvalue weighted by molar-refractivity contribution is 7.89. The summed E-state index contributed by atoms with van der Waals surface area (Å²) in [6.07, 6.45) is 2.47. The van der Waals surface area contributed by atoms with E-state index in [2.05, 4.69) is 17.0 Å². The van der Waals surface area contributed by atoms with Crippen LogP contribution < -0.4 is 10.0 Å². The van der Waals surface area contributed by atoms with Gasteiger partial charge in [-0.1, -0.05) is 32.0 Å². The van der Waals surface area contributed by atoms with Gasteiger partial charge in [-0.3, -0.25) is 0 Å². The molecule has 1 aliphatic carbocycles. The van der Waals surface area contributed by atoms with Crippen LogP contribution in [0.25, 0.3) is 0 Å². The molecule has 5 heteroatoms. The van der Waals surface area contributed by atoms with E-state index >= 15 is 0 Å². The smallest absolute Gasteiger partial charge is 0.240 e. The second-order valence-electron chi connectivity index (χ2n) is 5.55. The van der Waals surface area contributed by atoms with E-state index in [0.717, 1.165) is 12.1 Å². The molecule has 0 bridgehead atoms. The van der Waals surface area contributed by atoms with E-state index in [-0.39, 0.29) is 0 Å². The molecule has 0 aliphatic heterocycles. The molecule has 1 aromatic carbocycles. The molecule has 2 rings (SSSR count). The summed E-state index contributed by atoms with van der Waals surface area (Å²) in [4.78, 5) is 0.393.